The Morgan fingerprint density at radius 2 is 1.48 bits per heavy atom. The first-order valence-corrected chi connectivity index (χ1v) is 10.5. The predicted octanol–water partition coefficient (Wildman–Crippen LogP) is 1.49. The van der Waals surface area contributed by atoms with Crippen LogP contribution in [-0.2, 0) is 15.0 Å². The van der Waals surface area contributed by atoms with Crippen LogP contribution >= 0.6 is 0 Å². The summed E-state index contributed by atoms with van der Waals surface area (Å²) < 4.78 is 28.7. The molecule has 3 fully saturated rings. The van der Waals surface area contributed by atoms with Gasteiger partial charge in [-0.2, -0.15) is 17.0 Å². The number of piperidine rings is 2. The minimum atomic E-state index is -3.39. The lowest BCUT2D eigenvalue weighted by atomic mass is 9.98. The van der Waals surface area contributed by atoms with Gasteiger partial charge in [0.05, 0.1) is 5.92 Å². The van der Waals surface area contributed by atoms with Gasteiger partial charge in [-0.15, -0.1) is 0 Å². The summed E-state index contributed by atoms with van der Waals surface area (Å²) in [5, 5.41) is 3.13. The van der Waals surface area contributed by atoms with Crippen molar-refractivity contribution in [2.75, 3.05) is 26.2 Å². The average molecular weight is 343 g/mol. The molecular formula is C16H29N3O3S. The number of amides is 1. The molecule has 0 aromatic rings. The van der Waals surface area contributed by atoms with Crippen LogP contribution in [0.2, 0.25) is 0 Å². The Bertz CT molecular complexity index is 511. The molecule has 0 spiro atoms. The average Bonchev–Trinajstić information content (AvgIpc) is 3.09. The van der Waals surface area contributed by atoms with E-state index in [0.717, 1.165) is 44.9 Å². The van der Waals surface area contributed by atoms with E-state index in [-0.39, 0.29) is 11.8 Å². The fourth-order valence-corrected chi connectivity index (χ4v) is 5.79. The zero-order valence-corrected chi connectivity index (χ0v) is 14.7. The highest BCUT2D eigenvalue weighted by Crippen LogP contribution is 2.24. The highest BCUT2D eigenvalue weighted by molar-refractivity contribution is 7.86. The molecule has 1 N–H and O–H groups in total. The van der Waals surface area contributed by atoms with E-state index in [4.69, 9.17) is 0 Å². The van der Waals surface area contributed by atoms with Crippen LogP contribution in [-0.4, -0.2) is 55.2 Å². The molecule has 7 heteroatoms. The van der Waals surface area contributed by atoms with Crippen molar-refractivity contribution in [3.8, 4) is 0 Å². The van der Waals surface area contributed by atoms with Crippen LogP contribution in [0.5, 0.6) is 0 Å². The van der Waals surface area contributed by atoms with Gasteiger partial charge in [-0.1, -0.05) is 19.3 Å². The van der Waals surface area contributed by atoms with Crippen LogP contribution in [0, 0.1) is 5.92 Å². The van der Waals surface area contributed by atoms with Crippen LogP contribution in [0.4, 0.5) is 0 Å². The molecule has 3 aliphatic rings. The van der Waals surface area contributed by atoms with Crippen molar-refractivity contribution in [1.29, 1.82) is 0 Å². The first-order chi connectivity index (χ1) is 11.1. The molecule has 1 saturated carbocycles. The van der Waals surface area contributed by atoms with Crippen LogP contribution in [0.3, 0.4) is 0 Å². The van der Waals surface area contributed by atoms with Crippen LogP contribution < -0.4 is 5.32 Å². The van der Waals surface area contributed by atoms with Gasteiger partial charge in [-0.25, -0.2) is 0 Å². The summed E-state index contributed by atoms with van der Waals surface area (Å²) in [5.74, 6) is -0.139. The zero-order chi connectivity index (χ0) is 16.3. The minimum Gasteiger partial charge on any atom is -0.353 e. The van der Waals surface area contributed by atoms with Gasteiger partial charge >= 0.3 is 0 Å². The summed E-state index contributed by atoms with van der Waals surface area (Å²) >= 11 is 0. The first-order valence-electron chi connectivity index (χ1n) is 9.13. The molecule has 3 rings (SSSR count). The van der Waals surface area contributed by atoms with Crippen LogP contribution in [0.1, 0.15) is 57.8 Å². The van der Waals surface area contributed by atoms with Gasteiger partial charge in [0.2, 0.25) is 5.91 Å². The van der Waals surface area contributed by atoms with E-state index in [1.165, 1.54) is 12.8 Å². The number of carbonyl (C=O) groups is 1. The number of hydrogen-bond acceptors (Lipinski definition) is 3. The lowest BCUT2D eigenvalue weighted by molar-refractivity contribution is -0.126. The molecular weight excluding hydrogens is 314 g/mol. The van der Waals surface area contributed by atoms with Crippen molar-refractivity contribution < 1.29 is 13.2 Å². The second kappa shape index (κ2) is 7.49. The third kappa shape index (κ3) is 4.06. The Kier molecular flexibility index (Phi) is 5.59. The smallest absolute Gasteiger partial charge is 0.281 e. The number of rotatable bonds is 4. The highest BCUT2D eigenvalue weighted by atomic mass is 32.2. The van der Waals surface area contributed by atoms with Gasteiger partial charge in [0.15, 0.2) is 0 Å². The molecule has 1 atom stereocenters. The fourth-order valence-electron chi connectivity index (χ4n) is 4.01. The maximum absolute atomic E-state index is 12.8. The molecule has 6 nitrogen and oxygen atoms in total. The molecule has 2 saturated heterocycles. The van der Waals surface area contributed by atoms with E-state index in [0.29, 0.717) is 32.2 Å². The topological polar surface area (TPSA) is 69.7 Å². The Labute approximate surface area is 139 Å². The van der Waals surface area contributed by atoms with Crippen molar-refractivity contribution in [1.82, 2.24) is 13.9 Å². The quantitative estimate of drug-likeness (QED) is 0.841. The van der Waals surface area contributed by atoms with Crippen molar-refractivity contribution in [3.05, 3.63) is 0 Å². The van der Waals surface area contributed by atoms with E-state index < -0.39 is 10.2 Å². The number of hydrogen-bond donors (Lipinski definition) is 1. The largest absolute Gasteiger partial charge is 0.353 e. The highest BCUT2D eigenvalue weighted by Gasteiger charge is 2.36. The standard InChI is InChI=1S/C16H29N3O3S/c20-16(17-15-8-2-3-9-15)14-7-6-12-19(13-14)23(21,22)18-10-4-1-5-11-18/h14-15H,1-13H2,(H,17,20)/t14-/m0/s1. The maximum Gasteiger partial charge on any atom is 0.281 e. The molecule has 132 valence electrons. The molecule has 0 unspecified atom stereocenters. The Balaban J connectivity index is 1.59. The van der Waals surface area contributed by atoms with Gasteiger partial charge in [-0.3, -0.25) is 4.79 Å². The van der Waals surface area contributed by atoms with Crippen LogP contribution in [0.15, 0.2) is 0 Å². The Morgan fingerprint density at radius 1 is 0.826 bits per heavy atom. The van der Waals surface area contributed by atoms with Gasteiger partial charge < -0.3 is 5.32 Å². The third-order valence-electron chi connectivity index (χ3n) is 5.42. The number of carbonyl (C=O) groups excluding carboxylic acids is 1. The van der Waals surface area contributed by atoms with Crippen molar-refractivity contribution in [2.24, 2.45) is 5.92 Å². The van der Waals surface area contributed by atoms with E-state index in [1.807, 2.05) is 0 Å². The van der Waals surface area contributed by atoms with Gasteiger partial charge in [0.1, 0.15) is 0 Å². The van der Waals surface area contributed by atoms with E-state index >= 15 is 0 Å². The SMILES string of the molecule is O=C(NC1CCCC1)[C@H]1CCCN(S(=O)(=O)N2CCCCC2)C1. The summed E-state index contributed by atoms with van der Waals surface area (Å²) in [6.07, 6.45) is 9.06. The molecule has 23 heavy (non-hydrogen) atoms. The maximum atomic E-state index is 12.8. The molecule has 0 aromatic heterocycles. The van der Waals surface area contributed by atoms with Gasteiger partial charge in [-0.05, 0) is 38.5 Å². The van der Waals surface area contributed by atoms with E-state index in [1.54, 1.807) is 8.61 Å². The third-order valence-corrected chi connectivity index (χ3v) is 7.43. The molecule has 2 aliphatic heterocycles. The summed E-state index contributed by atoms with van der Waals surface area (Å²) in [6.45, 7) is 2.14. The molecule has 0 aromatic carbocycles. The summed E-state index contributed by atoms with van der Waals surface area (Å²) in [7, 11) is -3.39. The summed E-state index contributed by atoms with van der Waals surface area (Å²) in [4.78, 5) is 12.5. The first kappa shape index (κ1) is 17.2. The van der Waals surface area contributed by atoms with Crippen molar-refractivity contribution in [2.45, 2.75) is 63.8 Å². The minimum absolute atomic E-state index is 0.0513. The Hall–Kier alpha value is -0.660. The molecule has 0 radical (unpaired) electrons. The van der Waals surface area contributed by atoms with Gasteiger partial charge in [0.25, 0.3) is 10.2 Å². The van der Waals surface area contributed by atoms with Crippen molar-refractivity contribution in [3.63, 3.8) is 0 Å². The monoisotopic (exact) mass is 343 g/mol. The second-order valence-corrected chi connectivity index (χ2v) is 9.08. The van der Waals surface area contributed by atoms with Gasteiger partial charge in [0, 0.05) is 32.2 Å². The fraction of sp³-hybridized carbons (Fsp3) is 0.938. The lowest BCUT2D eigenvalue weighted by Gasteiger charge is -2.36. The van der Waals surface area contributed by atoms with E-state index in [2.05, 4.69) is 5.32 Å². The molecule has 0 bridgehead atoms. The molecule has 1 aliphatic carbocycles. The van der Waals surface area contributed by atoms with Crippen LogP contribution in [0.25, 0.3) is 0 Å². The molecule has 1 amide bonds. The normalized spacial score (nSPS) is 28.8. The predicted molar refractivity (Wildman–Crippen MR) is 89.0 cm³/mol. The summed E-state index contributed by atoms with van der Waals surface area (Å²) in [5.41, 5.74) is 0. The van der Waals surface area contributed by atoms with Crippen molar-refractivity contribution >= 4 is 16.1 Å². The Morgan fingerprint density at radius 3 is 2.17 bits per heavy atom. The van der Waals surface area contributed by atoms with E-state index in [9.17, 15) is 13.2 Å². The zero-order valence-electron chi connectivity index (χ0n) is 13.9. The molecule has 2 heterocycles. The lowest BCUT2D eigenvalue weighted by Crippen LogP contribution is -2.52. The summed E-state index contributed by atoms with van der Waals surface area (Å²) in [6, 6.07) is 0.302. The number of nitrogens with one attached hydrogen (secondary N) is 1. The number of nitrogens with zero attached hydrogens (tertiary/aromatic N) is 2. The second-order valence-electron chi connectivity index (χ2n) is 7.15.